The number of imidazole rings is 1. The van der Waals surface area contributed by atoms with Crippen LogP contribution < -0.4 is 9.80 Å². The van der Waals surface area contributed by atoms with Gasteiger partial charge in [-0.15, -0.1) is 0 Å². The summed E-state index contributed by atoms with van der Waals surface area (Å²) >= 11 is 0. The fraction of sp³-hybridized carbons (Fsp3) is 0.364. The van der Waals surface area contributed by atoms with Crippen molar-refractivity contribution in [2.24, 2.45) is 0 Å². The molecule has 146 valence electrons. The molecule has 4 heterocycles. The number of anilines is 2. The Bertz CT molecular complexity index is 1040. The highest BCUT2D eigenvalue weighted by molar-refractivity contribution is 5.58. The molecule has 0 amide bonds. The van der Waals surface area contributed by atoms with Crippen molar-refractivity contribution in [2.75, 3.05) is 36.0 Å². The molecular formula is C22H23N7. The summed E-state index contributed by atoms with van der Waals surface area (Å²) in [6.07, 6.45) is 9.87. The highest BCUT2D eigenvalue weighted by atomic mass is 15.3. The largest absolute Gasteiger partial charge is 0.353 e. The summed E-state index contributed by atoms with van der Waals surface area (Å²) in [5, 5.41) is 9.66. The van der Waals surface area contributed by atoms with Gasteiger partial charge in [-0.1, -0.05) is 6.07 Å². The number of aromatic nitrogens is 4. The van der Waals surface area contributed by atoms with E-state index in [1.54, 1.807) is 12.5 Å². The smallest absolute Gasteiger partial charge is 0.146 e. The van der Waals surface area contributed by atoms with Crippen LogP contribution in [0.2, 0.25) is 0 Å². The van der Waals surface area contributed by atoms with E-state index in [4.69, 9.17) is 9.97 Å². The molecule has 0 saturated carbocycles. The van der Waals surface area contributed by atoms with Crippen LogP contribution in [0.5, 0.6) is 0 Å². The predicted molar refractivity (Wildman–Crippen MR) is 111 cm³/mol. The summed E-state index contributed by atoms with van der Waals surface area (Å²) in [5.74, 6) is 2.69. The van der Waals surface area contributed by atoms with Gasteiger partial charge >= 0.3 is 0 Å². The Kier molecular flexibility index (Phi) is 4.60. The number of hydrogen-bond donors (Lipinski definition) is 0. The molecule has 0 aromatic carbocycles. The lowest BCUT2D eigenvalue weighted by Crippen LogP contribution is -2.47. The lowest BCUT2D eigenvalue weighted by atomic mass is 9.95. The van der Waals surface area contributed by atoms with Crippen molar-refractivity contribution in [2.45, 2.75) is 25.7 Å². The average molecular weight is 385 g/mol. The van der Waals surface area contributed by atoms with Gasteiger partial charge in [0, 0.05) is 44.3 Å². The fourth-order valence-electron chi connectivity index (χ4n) is 4.22. The number of piperazine rings is 1. The molecule has 0 N–H and O–H groups in total. The van der Waals surface area contributed by atoms with Crippen LogP contribution in [0.15, 0.2) is 43.0 Å². The van der Waals surface area contributed by atoms with E-state index in [0.29, 0.717) is 5.56 Å². The molecule has 0 bridgehead atoms. The zero-order chi connectivity index (χ0) is 19.6. The van der Waals surface area contributed by atoms with Crippen LogP contribution in [0.1, 0.15) is 29.7 Å². The van der Waals surface area contributed by atoms with E-state index in [-0.39, 0.29) is 0 Å². The van der Waals surface area contributed by atoms with Crippen LogP contribution >= 0.6 is 0 Å². The number of nitriles is 1. The molecule has 3 aromatic heterocycles. The van der Waals surface area contributed by atoms with Crippen molar-refractivity contribution < 1.29 is 0 Å². The first-order chi connectivity index (χ1) is 14.3. The lowest BCUT2D eigenvalue weighted by Gasteiger charge is -2.37. The minimum absolute atomic E-state index is 0.708. The molecule has 0 atom stereocenters. The van der Waals surface area contributed by atoms with Gasteiger partial charge in [-0.05, 0) is 49.4 Å². The summed E-state index contributed by atoms with van der Waals surface area (Å²) < 4.78 is 1.91. The average Bonchev–Trinajstić information content (AvgIpc) is 3.33. The number of fused-ring (bicyclic) bond motifs is 1. The van der Waals surface area contributed by atoms with Crippen molar-refractivity contribution >= 4 is 11.6 Å². The fourth-order valence-corrected chi connectivity index (χ4v) is 4.22. The normalized spacial score (nSPS) is 16.4. The van der Waals surface area contributed by atoms with Crippen molar-refractivity contribution in [3.8, 4) is 11.9 Å². The van der Waals surface area contributed by atoms with Gasteiger partial charge in [0.1, 0.15) is 29.9 Å². The molecule has 1 fully saturated rings. The first-order valence-electron chi connectivity index (χ1n) is 10.2. The van der Waals surface area contributed by atoms with Crippen molar-refractivity contribution in [3.05, 3.63) is 59.8 Å². The molecular weight excluding hydrogens is 362 g/mol. The maximum atomic E-state index is 9.66. The Hall–Kier alpha value is -3.40. The van der Waals surface area contributed by atoms with Gasteiger partial charge < -0.3 is 9.80 Å². The second kappa shape index (κ2) is 7.55. The van der Waals surface area contributed by atoms with Gasteiger partial charge in [-0.25, -0.2) is 15.0 Å². The first-order valence-corrected chi connectivity index (χ1v) is 10.2. The summed E-state index contributed by atoms with van der Waals surface area (Å²) in [4.78, 5) is 18.3. The Morgan fingerprint density at radius 1 is 0.931 bits per heavy atom. The van der Waals surface area contributed by atoms with Crippen molar-refractivity contribution in [3.63, 3.8) is 0 Å². The second-order valence-corrected chi connectivity index (χ2v) is 7.58. The van der Waals surface area contributed by atoms with Crippen molar-refractivity contribution in [1.82, 2.24) is 19.5 Å². The van der Waals surface area contributed by atoms with Crippen LogP contribution in [0.4, 0.5) is 11.6 Å². The molecule has 0 spiro atoms. The van der Waals surface area contributed by atoms with Crippen molar-refractivity contribution in [1.29, 1.82) is 5.26 Å². The molecule has 2 aliphatic rings. The highest BCUT2D eigenvalue weighted by Crippen LogP contribution is 2.27. The third-order valence-corrected chi connectivity index (χ3v) is 5.79. The SMILES string of the molecule is N#Cc1cc2c(nc1N1CCN(c3cccc(-n4ccnc4)n3)CC1)CCCC2. The Morgan fingerprint density at radius 2 is 1.72 bits per heavy atom. The summed E-state index contributed by atoms with van der Waals surface area (Å²) in [6, 6.07) is 10.5. The molecule has 0 unspecified atom stereocenters. The van der Waals surface area contributed by atoms with Gasteiger partial charge in [0.25, 0.3) is 0 Å². The number of rotatable bonds is 3. The minimum Gasteiger partial charge on any atom is -0.353 e. The van der Waals surface area contributed by atoms with E-state index < -0.39 is 0 Å². The van der Waals surface area contributed by atoms with E-state index in [9.17, 15) is 5.26 Å². The molecule has 7 nitrogen and oxygen atoms in total. The van der Waals surface area contributed by atoms with Crippen LogP contribution in [0.3, 0.4) is 0 Å². The summed E-state index contributed by atoms with van der Waals surface area (Å²) in [5.41, 5.74) is 3.15. The molecule has 5 rings (SSSR count). The Balaban J connectivity index is 1.34. The molecule has 3 aromatic rings. The summed E-state index contributed by atoms with van der Waals surface area (Å²) in [6.45, 7) is 3.36. The zero-order valence-electron chi connectivity index (χ0n) is 16.3. The van der Waals surface area contributed by atoms with E-state index >= 15 is 0 Å². The maximum absolute atomic E-state index is 9.66. The Labute approximate surface area is 170 Å². The molecule has 0 radical (unpaired) electrons. The number of pyridine rings is 2. The van der Waals surface area contributed by atoms with Gasteiger partial charge in [0.05, 0.1) is 5.56 Å². The molecule has 1 aliphatic carbocycles. The van der Waals surface area contributed by atoms with Gasteiger partial charge in [-0.2, -0.15) is 5.26 Å². The van der Waals surface area contributed by atoms with Crippen LogP contribution in [0.25, 0.3) is 5.82 Å². The molecule has 29 heavy (non-hydrogen) atoms. The van der Waals surface area contributed by atoms with Crippen LogP contribution in [-0.4, -0.2) is 45.7 Å². The third kappa shape index (κ3) is 3.42. The molecule has 1 saturated heterocycles. The van der Waals surface area contributed by atoms with Gasteiger partial charge in [0.2, 0.25) is 0 Å². The lowest BCUT2D eigenvalue weighted by molar-refractivity contribution is 0.630. The zero-order valence-corrected chi connectivity index (χ0v) is 16.3. The van der Waals surface area contributed by atoms with Crippen LogP contribution in [-0.2, 0) is 12.8 Å². The number of aryl methyl sites for hydroxylation is 2. The quantitative estimate of drug-likeness (QED) is 0.690. The first kappa shape index (κ1) is 17.7. The Morgan fingerprint density at radius 3 is 2.52 bits per heavy atom. The highest BCUT2D eigenvalue weighted by Gasteiger charge is 2.23. The second-order valence-electron chi connectivity index (χ2n) is 7.58. The minimum atomic E-state index is 0.708. The van der Waals surface area contributed by atoms with Crippen LogP contribution in [0, 0.1) is 11.3 Å². The van der Waals surface area contributed by atoms with Gasteiger partial charge in [-0.3, -0.25) is 4.57 Å². The van der Waals surface area contributed by atoms with E-state index in [1.807, 2.05) is 29.0 Å². The van der Waals surface area contributed by atoms with E-state index in [1.165, 1.54) is 24.1 Å². The molecule has 7 heteroatoms. The monoisotopic (exact) mass is 385 g/mol. The van der Waals surface area contributed by atoms with E-state index in [0.717, 1.165) is 56.5 Å². The predicted octanol–water partition coefficient (Wildman–Crippen LogP) is 2.74. The van der Waals surface area contributed by atoms with E-state index in [2.05, 4.69) is 26.9 Å². The van der Waals surface area contributed by atoms with Gasteiger partial charge in [0.15, 0.2) is 0 Å². The third-order valence-electron chi connectivity index (χ3n) is 5.79. The topological polar surface area (TPSA) is 73.9 Å². The number of hydrogen-bond acceptors (Lipinski definition) is 6. The standard InChI is InChI=1S/C22H23N7/c23-15-18-14-17-4-1-2-5-19(17)25-22(18)28-12-10-27(11-13-28)20-6-3-7-21(26-20)29-9-8-24-16-29/h3,6-9,14,16H,1-2,4-5,10-13H2. The molecule has 1 aliphatic heterocycles. The number of nitrogens with zero attached hydrogens (tertiary/aromatic N) is 7. The summed E-state index contributed by atoms with van der Waals surface area (Å²) in [7, 11) is 0. The maximum Gasteiger partial charge on any atom is 0.146 e.